The average molecular weight is 486 g/mol. The molecule has 4 aromatic rings. The van der Waals surface area contributed by atoms with Crippen LogP contribution in [-0.2, 0) is 6.54 Å². The minimum absolute atomic E-state index is 0.189. The lowest BCUT2D eigenvalue weighted by molar-refractivity contribution is 0.0986. The Balaban J connectivity index is 1.36. The number of nitrogens with one attached hydrogen (secondary N) is 2. The molecular weight excluding hydrogens is 461 g/mol. The molecule has 3 heterocycles. The van der Waals surface area contributed by atoms with Crippen molar-refractivity contribution in [2.75, 3.05) is 41.3 Å². The van der Waals surface area contributed by atoms with Gasteiger partial charge in [-0.05, 0) is 53.6 Å². The average Bonchev–Trinajstić information content (AvgIpc) is 3.39. The van der Waals surface area contributed by atoms with Crippen LogP contribution in [0.25, 0.3) is 11.1 Å². The molecule has 2 N–H and O–H groups in total. The van der Waals surface area contributed by atoms with Crippen LogP contribution in [0.4, 0.5) is 27.1 Å². The highest BCUT2D eigenvalue weighted by Crippen LogP contribution is 2.38. The van der Waals surface area contributed by atoms with E-state index >= 15 is 0 Å². The molecule has 3 aromatic carbocycles. The second-order valence-electron chi connectivity index (χ2n) is 8.65. The highest BCUT2D eigenvalue weighted by atomic mass is 32.1. The SMILES string of the molecule is O=C1c2cc(-c3ccc(N4CCNCC4)cc3)ccc2Nc2ccc(F)cc2N1Cc1nccs1. The lowest BCUT2D eigenvalue weighted by atomic mass is 10.0. The number of fused-ring (bicyclic) bond motifs is 2. The van der Waals surface area contributed by atoms with Crippen LogP contribution in [0.3, 0.4) is 0 Å². The number of hydrogen-bond acceptors (Lipinski definition) is 6. The summed E-state index contributed by atoms with van der Waals surface area (Å²) in [5, 5.41) is 9.38. The van der Waals surface area contributed by atoms with E-state index in [-0.39, 0.29) is 12.5 Å². The van der Waals surface area contributed by atoms with Crippen molar-refractivity contribution in [1.29, 1.82) is 0 Å². The van der Waals surface area contributed by atoms with Crippen LogP contribution in [-0.4, -0.2) is 37.1 Å². The van der Waals surface area contributed by atoms with Crippen LogP contribution in [0.15, 0.2) is 72.2 Å². The standard InChI is InChI=1S/C27H24FN5OS/c28-20-4-8-24-25(16-20)33(17-26-30-11-14-35-26)27(34)22-15-19(3-7-23(22)31-24)18-1-5-21(6-2-18)32-12-9-29-10-13-32/h1-8,11,14-16,29,31H,9-10,12-13,17H2. The van der Waals surface area contributed by atoms with Gasteiger partial charge in [0.1, 0.15) is 10.8 Å². The molecule has 1 aromatic heterocycles. The molecule has 0 aliphatic carbocycles. The smallest absolute Gasteiger partial charge is 0.260 e. The summed E-state index contributed by atoms with van der Waals surface area (Å²) < 4.78 is 14.2. The highest BCUT2D eigenvalue weighted by Gasteiger charge is 2.28. The van der Waals surface area contributed by atoms with Gasteiger partial charge in [-0.1, -0.05) is 18.2 Å². The first-order valence-electron chi connectivity index (χ1n) is 11.6. The van der Waals surface area contributed by atoms with Crippen LogP contribution in [0.1, 0.15) is 15.4 Å². The highest BCUT2D eigenvalue weighted by molar-refractivity contribution is 7.09. The van der Waals surface area contributed by atoms with Crippen molar-refractivity contribution in [3.05, 3.63) is 88.6 Å². The molecule has 0 radical (unpaired) electrons. The number of nitrogens with zero attached hydrogens (tertiary/aromatic N) is 3. The summed E-state index contributed by atoms with van der Waals surface area (Å²) in [6.07, 6.45) is 1.71. The van der Waals surface area contributed by atoms with Crippen LogP contribution >= 0.6 is 11.3 Å². The topological polar surface area (TPSA) is 60.5 Å². The third kappa shape index (κ3) is 4.26. The number of anilines is 4. The molecule has 35 heavy (non-hydrogen) atoms. The molecule has 2 aliphatic rings. The van der Waals surface area contributed by atoms with E-state index in [1.165, 1.54) is 29.2 Å². The molecule has 0 saturated carbocycles. The summed E-state index contributed by atoms with van der Waals surface area (Å²) in [7, 11) is 0. The van der Waals surface area contributed by atoms with Gasteiger partial charge in [0, 0.05) is 43.4 Å². The molecule has 0 spiro atoms. The van der Waals surface area contributed by atoms with Gasteiger partial charge < -0.3 is 15.5 Å². The summed E-state index contributed by atoms with van der Waals surface area (Å²) in [6.45, 7) is 4.25. The normalized spacial score (nSPS) is 15.3. The number of carbonyl (C=O) groups is 1. The lowest BCUT2D eigenvalue weighted by Gasteiger charge is -2.29. The van der Waals surface area contributed by atoms with Crippen molar-refractivity contribution in [2.45, 2.75) is 6.54 Å². The molecule has 176 valence electrons. The minimum Gasteiger partial charge on any atom is -0.369 e. The summed E-state index contributed by atoms with van der Waals surface area (Å²) in [4.78, 5) is 22.1. The number of hydrogen-bond donors (Lipinski definition) is 2. The number of piperazine rings is 1. The monoisotopic (exact) mass is 485 g/mol. The Morgan fingerprint density at radius 2 is 1.71 bits per heavy atom. The molecule has 8 heteroatoms. The van der Waals surface area contributed by atoms with Crippen molar-refractivity contribution in [1.82, 2.24) is 10.3 Å². The van der Waals surface area contributed by atoms with Crippen LogP contribution in [0.2, 0.25) is 0 Å². The zero-order valence-corrected chi connectivity index (χ0v) is 19.8. The number of aromatic nitrogens is 1. The molecule has 6 nitrogen and oxygen atoms in total. The van der Waals surface area contributed by atoms with Gasteiger partial charge in [-0.25, -0.2) is 9.37 Å². The fourth-order valence-electron chi connectivity index (χ4n) is 4.65. The summed E-state index contributed by atoms with van der Waals surface area (Å²) >= 11 is 1.47. The summed E-state index contributed by atoms with van der Waals surface area (Å²) in [6, 6.07) is 18.8. The molecule has 1 amide bonds. The second kappa shape index (κ2) is 9.13. The van der Waals surface area contributed by atoms with E-state index in [0.717, 1.165) is 42.3 Å². The number of thiazole rings is 1. The molecule has 0 bridgehead atoms. The van der Waals surface area contributed by atoms with E-state index in [1.807, 2.05) is 23.6 Å². The Morgan fingerprint density at radius 3 is 2.49 bits per heavy atom. The second-order valence-corrected chi connectivity index (χ2v) is 9.63. The van der Waals surface area contributed by atoms with Gasteiger partial charge in [-0.3, -0.25) is 9.69 Å². The first kappa shape index (κ1) is 21.8. The largest absolute Gasteiger partial charge is 0.369 e. The maximum atomic E-state index is 14.2. The Morgan fingerprint density at radius 1 is 0.943 bits per heavy atom. The third-order valence-electron chi connectivity index (χ3n) is 6.47. The maximum absolute atomic E-state index is 14.2. The Kier molecular flexibility index (Phi) is 5.67. The van der Waals surface area contributed by atoms with Crippen molar-refractivity contribution in [3.8, 4) is 11.1 Å². The summed E-state index contributed by atoms with van der Waals surface area (Å²) in [5.74, 6) is -0.579. The van der Waals surface area contributed by atoms with Gasteiger partial charge in [0.2, 0.25) is 0 Å². The molecule has 0 atom stereocenters. The maximum Gasteiger partial charge on any atom is 0.260 e. The zero-order valence-electron chi connectivity index (χ0n) is 19.0. The van der Waals surface area contributed by atoms with Gasteiger partial charge in [-0.2, -0.15) is 0 Å². The van der Waals surface area contributed by atoms with E-state index in [2.05, 4.69) is 44.8 Å². The predicted octanol–water partition coefficient (Wildman–Crippen LogP) is 5.26. The van der Waals surface area contributed by atoms with Crippen molar-refractivity contribution in [3.63, 3.8) is 0 Å². The third-order valence-corrected chi connectivity index (χ3v) is 7.24. The van der Waals surface area contributed by atoms with Crippen molar-refractivity contribution < 1.29 is 9.18 Å². The molecular formula is C27H24FN5OS. The van der Waals surface area contributed by atoms with E-state index in [4.69, 9.17) is 0 Å². The number of rotatable bonds is 4. The quantitative estimate of drug-likeness (QED) is 0.413. The van der Waals surface area contributed by atoms with E-state index < -0.39 is 5.82 Å². The van der Waals surface area contributed by atoms with Gasteiger partial charge in [0.25, 0.3) is 5.91 Å². The Bertz CT molecular complexity index is 1370. The molecule has 0 unspecified atom stereocenters. The fourth-order valence-corrected chi connectivity index (χ4v) is 5.26. The van der Waals surface area contributed by atoms with Crippen LogP contribution in [0.5, 0.6) is 0 Å². The van der Waals surface area contributed by atoms with Crippen LogP contribution < -0.4 is 20.4 Å². The first-order chi connectivity index (χ1) is 17.2. The van der Waals surface area contributed by atoms with E-state index in [9.17, 15) is 9.18 Å². The van der Waals surface area contributed by atoms with Gasteiger partial charge in [-0.15, -0.1) is 11.3 Å². The zero-order chi connectivity index (χ0) is 23.8. The van der Waals surface area contributed by atoms with Gasteiger partial charge in [0.15, 0.2) is 0 Å². The lowest BCUT2D eigenvalue weighted by Crippen LogP contribution is -2.43. The minimum atomic E-state index is -0.390. The number of halogens is 1. The van der Waals surface area contributed by atoms with Gasteiger partial charge >= 0.3 is 0 Å². The molecule has 6 rings (SSSR count). The Labute approximate surface area is 207 Å². The summed E-state index contributed by atoms with van der Waals surface area (Å²) in [5.41, 5.74) is 5.63. The fraction of sp³-hybridized carbons (Fsp3) is 0.185. The molecule has 2 aliphatic heterocycles. The molecule has 1 fully saturated rings. The van der Waals surface area contributed by atoms with E-state index in [0.29, 0.717) is 22.6 Å². The van der Waals surface area contributed by atoms with Crippen molar-refractivity contribution >= 4 is 40.0 Å². The Hall–Kier alpha value is -3.75. The number of amides is 1. The van der Waals surface area contributed by atoms with E-state index in [1.54, 1.807) is 17.2 Å². The van der Waals surface area contributed by atoms with Crippen molar-refractivity contribution in [2.24, 2.45) is 0 Å². The van der Waals surface area contributed by atoms with Gasteiger partial charge in [0.05, 0.1) is 29.2 Å². The number of carbonyl (C=O) groups excluding carboxylic acids is 1. The molecule has 1 saturated heterocycles. The number of benzene rings is 3. The predicted molar refractivity (Wildman–Crippen MR) is 139 cm³/mol. The van der Waals surface area contributed by atoms with Crippen LogP contribution in [0, 0.1) is 5.82 Å². The first-order valence-corrected chi connectivity index (χ1v) is 12.5.